The van der Waals surface area contributed by atoms with E-state index >= 15 is 0 Å². The maximum atomic E-state index is 12.4. The van der Waals surface area contributed by atoms with Crippen molar-refractivity contribution in [2.75, 3.05) is 0 Å². The molecule has 0 saturated heterocycles. The average Bonchev–Trinajstić information content (AvgIpc) is 2.35. The molecule has 2 rings (SSSR count). The van der Waals surface area contributed by atoms with E-state index < -0.39 is 11.6 Å². The van der Waals surface area contributed by atoms with Gasteiger partial charge in [0.05, 0.1) is 0 Å². The van der Waals surface area contributed by atoms with Crippen LogP contribution in [0.2, 0.25) is 0 Å². The van der Waals surface area contributed by atoms with Crippen LogP contribution in [0.1, 0.15) is 54.7 Å². The van der Waals surface area contributed by atoms with Crippen LogP contribution in [0.4, 0.5) is 0 Å². The third kappa shape index (κ3) is 1.96. The number of fused-ring (bicyclic) bond motifs is 1. The molecule has 0 saturated carbocycles. The zero-order valence-electron chi connectivity index (χ0n) is 12.8. The van der Waals surface area contributed by atoms with Crippen molar-refractivity contribution >= 4 is 17.1 Å². The first-order chi connectivity index (χ1) is 9.20. The average molecular weight is 268 g/mol. The molecule has 0 aromatic heterocycles. The topological polar surface area (TPSA) is 34.1 Å². The first kappa shape index (κ1) is 14.4. The Hall–Kier alpha value is -1.96. The van der Waals surface area contributed by atoms with Crippen molar-refractivity contribution in [1.29, 1.82) is 0 Å². The fraction of sp³-hybridized carbons (Fsp3) is 0.333. The van der Waals surface area contributed by atoms with Gasteiger partial charge in [0.25, 0.3) is 0 Å². The normalized spacial score (nSPS) is 15.4. The van der Waals surface area contributed by atoms with Gasteiger partial charge in [-0.3, -0.25) is 9.59 Å². The predicted octanol–water partition coefficient (Wildman–Crippen LogP) is 4.02. The molecule has 0 radical (unpaired) electrons. The molecule has 2 heteroatoms. The van der Waals surface area contributed by atoms with Crippen LogP contribution in [0.15, 0.2) is 30.4 Å². The van der Waals surface area contributed by atoms with Crippen LogP contribution < -0.4 is 0 Å². The Morgan fingerprint density at radius 1 is 1.05 bits per heavy atom. The lowest BCUT2D eigenvalue weighted by Gasteiger charge is -2.27. The molecule has 2 nitrogen and oxygen atoms in total. The Kier molecular flexibility index (Phi) is 3.29. The molecule has 1 aromatic carbocycles. The number of carbonyl (C=O) groups is 2. The number of rotatable bonds is 1. The Balaban J connectivity index is 2.86. The van der Waals surface area contributed by atoms with Crippen molar-refractivity contribution in [3.05, 3.63) is 52.6 Å². The van der Waals surface area contributed by atoms with Crippen molar-refractivity contribution in [3.63, 3.8) is 0 Å². The molecule has 0 N–H and O–H groups in total. The molecule has 0 bridgehead atoms. The molecule has 0 amide bonds. The summed E-state index contributed by atoms with van der Waals surface area (Å²) in [4.78, 5) is 24.5. The summed E-state index contributed by atoms with van der Waals surface area (Å²) in [6, 6.07) is 3.99. The number of hydrogen-bond donors (Lipinski definition) is 0. The van der Waals surface area contributed by atoms with Gasteiger partial charge in [0, 0.05) is 11.1 Å². The van der Waals surface area contributed by atoms with Gasteiger partial charge >= 0.3 is 0 Å². The standard InChI is InChI=1S/C18H20O2/c1-7-12-10(2)16(19)17(20)15-11(3)14(18(4,5)6)9-8-13(12)15/h7-9H,1H2,2-6H3. The number of Topliss-reactive ketones (excluding diaryl/α,β-unsaturated/α-hetero) is 2. The predicted molar refractivity (Wildman–Crippen MR) is 82.0 cm³/mol. The van der Waals surface area contributed by atoms with E-state index in [1.54, 1.807) is 13.0 Å². The van der Waals surface area contributed by atoms with Crippen molar-refractivity contribution in [2.45, 2.75) is 40.0 Å². The van der Waals surface area contributed by atoms with E-state index in [1.165, 1.54) is 0 Å². The zero-order valence-corrected chi connectivity index (χ0v) is 12.8. The minimum Gasteiger partial charge on any atom is -0.285 e. The lowest BCUT2D eigenvalue weighted by molar-refractivity contribution is -0.111. The molecule has 0 fully saturated rings. The summed E-state index contributed by atoms with van der Waals surface area (Å²) in [5.41, 5.74) is 4.57. The Morgan fingerprint density at radius 2 is 1.65 bits per heavy atom. The summed E-state index contributed by atoms with van der Waals surface area (Å²) in [5.74, 6) is -0.812. The third-order valence-corrected chi connectivity index (χ3v) is 3.95. The maximum Gasteiger partial charge on any atom is 0.234 e. The lowest BCUT2D eigenvalue weighted by Crippen LogP contribution is -2.25. The number of carbonyl (C=O) groups excluding carboxylic acids is 2. The molecule has 0 unspecified atom stereocenters. The third-order valence-electron chi connectivity index (χ3n) is 3.95. The molecule has 20 heavy (non-hydrogen) atoms. The highest BCUT2D eigenvalue weighted by Crippen LogP contribution is 2.36. The maximum absolute atomic E-state index is 12.4. The van der Waals surface area contributed by atoms with Gasteiger partial charge in [-0.1, -0.05) is 45.6 Å². The Morgan fingerprint density at radius 3 is 2.15 bits per heavy atom. The van der Waals surface area contributed by atoms with E-state index in [1.807, 2.05) is 19.1 Å². The molecular formula is C18H20O2. The summed E-state index contributed by atoms with van der Waals surface area (Å²) in [5, 5.41) is 0. The quantitative estimate of drug-likeness (QED) is 0.721. The monoisotopic (exact) mass is 268 g/mol. The molecule has 104 valence electrons. The first-order valence-electron chi connectivity index (χ1n) is 6.77. The first-order valence-corrected chi connectivity index (χ1v) is 6.77. The van der Waals surface area contributed by atoms with Crippen molar-refractivity contribution < 1.29 is 9.59 Å². The van der Waals surface area contributed by atoms with E-state index in [4.69, 9.17) is 0 Å². The SMILES string of the molecule is C=CC1=C(C)C(=O)C(=O)c2c1ccc(C(C)(C)C)c2C. The second-order valence-electron chi connectivity index (χ2n) is 6.31. The van der Waals surface area contributed by atoms with Gasteiger partial charge in [-0.05, 0) is 41.5 Å². The smallest absolute Gasteiger partial charge is 0.234 e. The fourth-order valence-corrected chi connectivity index (χ4v) is 2.91. The molecule has 0 atom stereocenters. The van der Waals surface area contributed by atoms with E-state index in [-0.39, 0.29) is 5.41 Å². The molecule has 0 aliphatic heterocycles. The van der Waals surface area contributed by atoms with Crippen LogP contribution in [0, 0.1) is 6.92 Å². The van der Waals surface area contributed by atoms with Crippen LogP contribution >= 0.6 is 0 Å². The van der Waals surface area contributed by atoms with Gasteiger partial charge < -0.3 is 0 Å². The van der Waals surface area contributed by atoms with Crippen molar-refractivity contribution in [2.24, 2.45) is 0 Å². The van der Waals surface area contributed by atoms with Crippen LogP contribution in [-0.4, -0.2) is 11.6 Å². The summed E-state index contributed by atoms with van der Waals surface area (Å²) in [6.45, 7) is 13.7. The van der Waals surface area contributed by atoms with Crippen LogP contribution in [0.5, 0.6) is 0 Å². The number of ketones is 2. The summed E-state index contributed by atoms with van der Waals surface area (Å²) < 4.78 is 0. The zero-order chi connectivity index (χ0) is 15.2. The highest BCUT2D eigenvalue weighted by Gasteiger charge is 2.32. The van der Waals surface area contributed by atoms with Gasteiger partial charge in [0.15, 0.2) is 0 Å². The summed E-state index contributed by atoms with van der Waals surface area (Å²) in [7, 11) is 0. The number of benzene rings is 1. The van der Waals surface area contributed by atoms with Gasteiger partial charge in [0.2, 0.25) is 11.6 Å². The number of allylic oxidation sites excluding steroid dienone is 3. The summed E-state index contributed by atoms with van der Waals surface area (Å²) >= 11 is 0. The Bertz CT molecular complexity index is 667. The molecule has 0 heterocycles. The van der Waals surface area contributed by atoms with Crippen molar-refractivity contribution in [1.82, 2.24) is 0 Å². The van der Waals surface area contributed by atoms with Crippen LogP contribution in [0.3, 0.4) is 0 Å². The molecule has 1 aliphatic rings. The molecule has 0 spiro atoms. The van der Waals surface area contributed by atoms with E-state index in [9.17, 15) is 9.59 Å². The number of hydrogen-bond acceptors (Lipinski definition) is 2. The van der Waals surface area contributed by atoms with Gasteiger partial charge in [-0.25, -0.2) is 0 Å². The van der Waals surface area contributed by atoms with Crippen LogP contribution in [-0.2, 0) is 10.2 Å². The Labute approximate surface area is 120 Å². The van der Waals surface area contributed by atoms with Gasteiger partial charge in [-0.2, -0.15) is 0 Å². The highest BCUT2D eigenvalue weighted by molar-refractivity contribution is 6.52. The molecule has 1 aromatic rings. The van der Waals surface area contributed by atoms with Gasteiger partial charge in [-0.15, -0.1) is 0 Å². The second kappa shape index (κ2) is 4.55. The van der Waals surface area contributed by atoms with Crippen molar-refractivity contribution in [3.8, 4) is 0 Å². The van der Waals surface area contributed by atoms with Crippen LogP contribution in [0.25, 0.3) is 5.57 Å². The minimum absolute atomic E-state index is 0.0625. The molecular weight excluding hydrogens is 248 g/mol. The summed E-state index contributed by atoms with van der Waals surface area (Å²) in [6.07, 6.45) is 1.66. The largest absolute Gasteiger partial charge is 0.285 e. The lowest BCUT2D eigenvalue weighted by atomic mass is 9.76. The minimum atomic E-state index is -0.415. The molecule has 1 aliphatic carbocycles. The van der Waals surface area contributed by atoms with E-state index in [0.29, 0.717) is 11.1 Å². The van der Waals surface area contributed by atoms with Gasteiger partial charge in [0.1, 0.15) is 0 Å². The second-order valence-corrected chi connectivity index (χ2v) is 6.31. The fourth-order valence-electron chi connectivity index (χ4n) is 2.91. The van der Waals surface area contributed by atoms with E-state index in [2.05, 4.69) is 27.4 Å². The highest BCUT2D eigenvalue weighted by atomic mass is 16.2. The van der Waals surface area contributed by atoms with E-state index in [0.717, 1.165) is 22.3 Å².